The molecule has 0 saturated heterocycles. The van der Waals surface area contributed by atoms with E-state index < -0.39 is 0 Å². The van der Waals surface area contributed by atoms with Crippen LogP contribution in [0.2, 0.25) is 0 Å². The molecule has 1 atom stereocenters. The number of halogens is 2. The van der Waals surface area contributed by atoms with Crippen LogP contribution in [0.15, 0.2) is 119 Å². The predicted molar refractivity (Wildman–Crippen MR) is 182 cm³/mol. The predicted octanol–water partition coefficient (Wildman–Crippen LogP) is 3.31. The molecule has 3 aromatic carbocycles. The van der Waals surface area contributed by atoms with Gasteiger partial charge in [-0.05, 0) is 38.0 Å². The van der Waals surface area contributed by atoms with Crippen molar-refractivity contribution in [3.63, 3.8) is 0 Å². The van der Waals surface area contributed by atoms with E-state index in [9.17, 15) is 0 Å². The molecule has 0 saturated carbocycles. The van der Waals surface area contributed by atoms with Crippen molar-refractivity contribution in [1.82, 2.24) is 0 Å². The molecule has 0 spiro atoms. The van der Waals surface area contributed by atoms with Gasteiger partial charge in [0.05, 0.1) is 0 Å². The molecule has 0 heterocycles. The molecular weight excluding hydrogens is 667 g/mol. The summed E-state index contributed by atoms with van der Waals surface area (Å²) in [7, 11) is 0. The van der Waals surface area contributed by atoms with Gasteiger partial charge in [0.15, 0.2) is 0 Å². The maximum atomic E-state index is 3.91. The van der Waals surface area contributed by atoms with E-state index >= 15 is 0 Å². The van der Waals surface area contributed by atoms with Crippen LogP contribution in [0.3, 0.4) is 0 Å². The minimum atomic E-state index is 0. The topological polar surface area (TPSA) is 0 Å². The fourth-order valence-electron chi connectivity index (χ4n) is 7.11. The minimum absolute atomic E-state index is 0. The number of rotatable bonds is 9. The average molecular weight is 712 g/mol. The van der Waals surface area contributed by atoms with Crippen LogP contribution in [0.25, 0.3) is 11.6 Å². The summed E-state index contributed by atoms with van der Waals surface area (Å²) in [6.07, 6.45) is 21.6. The van der Waals surface area contributed by atoms with Crippen LogP contribution < -0.4 is 35.3 Å². The Labute approximate surface area is 299 Å². The van der Waals surface area contributed by atoms with Gasteiger partial charge in [0.2, 0.25) is 0 Å². The number of hydrogen-bond acceptors (Lipinski definition) is 0. The van der Waals surface area contributed by atoms with Gasteiger partial charge < -0.3 is 24.8 Å². The third kappa shape index (κ3) is 7.99. The van der Waals surface area contributed by atoms with E-state index in [0.717, 1.165) is 12.8 Å². The van der Waals surface area contributed by atoms with Gasteiger partial charge in [-0.1, -0.05) is 105 Å². The second kappa shape index (κ2) is 17.0. The summed E-state index contributed by atoms with van der Waals surface area (Å²) >= 11 is 1.46. The second-order valence-corrected chi connectivity index (χ2v) is 13.5. The average Bonchev–Trinajstić information content (AvgIpc) is 3.67. The summed E-state index contributed by atoms with van der Waals surface area (Å²) in [5, 5.41) is 2.78. The summed E-state index contributed by atoms with van der Waals surface area (Å²) < 4.78 is 1.42. The van der Waals surface area contributed by atoms with Gasteiger partial charge in [-0.15, -0.1) is 33.7 Å². The summed E-state index contributed by atoms with van der Waals surface area (Å²) in [5.74, 6) is 0. The van der Waals surface area contributed by atoms with E-state index in [4.69, 9.17) is 0 Å². The molecule has 0 amide bonds. The van der Waals surface area contributed by atoms with Crippen LogP contribution >= 0.6 is 0 Å². The molecule has 3 heteroatoms. The molecule has 0 fully saturated rings. The molecule has 3 aliphatic carbocycles. The molecule has 0 nitrogen and oxygen atoms in total. The molecule has 0 aliphatic heterocycles. The SMILES string of the molecule is CCCC1=CC2=c3c(CCC)cc(C)cc3=[C-]C2=C(C2=CC=CC2)C1(C)CCC.[Cl-].[Cl-].[Zr+2]=[C](c1ccccc1)c1ccccc1. The van der Waals surface area contributed by atoms with E-state index in [1.165, 1.54) is 109 Å². The zero-order valence-electron chi connectivity index (χ0n) is 27.4. The Morgan fingerprint density at radius 1 is 0.844 bits per heavy atom. The number of hydrogen-bond donors (Lipinski definition) is 0. The summed E-state index contributed by atoms with van der Waals surface area (Å²) in [5.41, 5.74) is 13.2. The van der Waals surface area contributed by atoms with Crippen LogP contribution in [-0.2, 0) is 30.7 Å². The van der Waals surface area contributed by atoms with Gasteiger partial charge in [-0.3, -0.25) is 0 Å². The summed E-state index contributed by atoms with van der Waals surface area (Å²) in [6.45, 7) is 11.7. The number of aryl methyl sites for hydroxylation is 2. The van der Waals surface area contributed by atoms with Crippen molar-refractivity contribution in [3.8, 4) is 0 Å². The van der Waals surface area contributed by atoms with Crippen molar-refractivity contribution in [2.75, 3.05) is 0 Å². The molecule has 0 bridgehead atoms. The van der Waals surface area contributed by atoms with E-state index in [1.807, 2.05) is 0 Å². The number of allylic oxidation sites excluding steroid dienone is 8. The molecule has 232 valence electrons. The van der Waals surface area contributed by atoms with Gasteiger partial charge in [0.1, 0.15) is 0 Å². The first kappa shape index (κ1) is 37.2. The van der Waals surface area contributed by atoms with Gasteiger partial charge >= 0.3 is 99.2 Å². The van der Waals surface area contributed by atoms with Crippen molar-refractivity contribution in [2.45, 2.75) is 79.6 Å². The Morgan fingerprint density at radius 3 is 2.00 bits per heavy atom. The molecule has 45 heavy (non-hydrogen) atoms. The normalized spacial score (nSPS) is 17.5. The zero-order chi connectivity index (χ0) is 30.4. The van der Waals surface area contributed by atoms with Crippen LogP contribution in [-0.4, -0.2) is 3.21 Å². The fourth-order valence-corrected chi connectivity index (χ4v) is 7.93. The van der Waals surface area contributed by atoms with E-state index in [2.05, 4.69) is 138 Å². The third-order valence-corrected chi connectivity index (χ3v) is 10.4. The van der Waals surface area contributed by atoms with Crippen LogP contribution in [0.1, 0.15) is 88.5 Å². The monoisotopic (exact) mass is 709 g/mol. The first-order chi connectivity index (χ1) is 20.9. The van der Waals surface area contributed by atoms with Gasteiger partial charge in [0.25, 0.3) is 0 Å². The van der Waals surface area contributed by atoms with Crippen LogP contribution in [0.5, 0.6) is 0 Å². The van der Waals surface area contributed by atoms with Gasteiger partial charge in [0, 0.05) is 0 Å². The first-order valence-corrected chi connectivity index (χ1v) is 17.4. The Hall–Kier alpha value is -2.31. The fraction of sp³-hybridized carbons (Fsp3) is 0.310. The van der Waals surface area contributed by atoms with E-state index in [1.54, 1.807) is 11.1 Å². The molecule has 6 rings (SSSR count). The maximum absolute atomic E-state index is 3.91. The molecular formula is C42H45Cl2Zr-. The number of benzene rings is 3. The van der Waals surface area contributed by atoms with Crippen LogP contribution in [0.4, 0.5) is 0 Å². The molecule has 3 aliphatic rings. The van der Waals surface area contributed by atoms with E-state index in [-0.39, 0.29) is 30.2 Å². The quantitative estimate of drug-likeness (QED) is 0.299. The molecule has 3 aromatic rings. The van der Waals surface area contributed by atoms with Crippen molar-refractivity contribution in [3.05, 3.63) is 152 Å². The summed E-state index contributed by atoms with van der Waals surface area (Å²) in [4.78, 5) is 0. The van der Waals surface area contributed by atoms with Crippen molar-refractivity contribution in [2.24, 2.45) is 5.41 Å². The van der Waals surface area contributed by atoms with Gasteiger partial charge in [-0.25, -0.2) is 0 Å². The van der Waals surface area contributed by atoms with Gasteiger partial charge in [-0.2, -0.15) is 0 Å². The molecule has 0 N–H and O–H groups in total. The standard InChI is InChI=1S/C29H35.C13H10.2ClH.Zr/c1-6-11-22-16-20(4)17-23-18-26-25(27(22)23)19-24(12-7-2)29(5,15-8-3)28(26)21-13-9-10-14-21;1-3-7-12(8-4-1)11-13-9-5-2-6-10-13;;;/h9-10,13,16-17,19H,6-8,11-12,14-15H2,1-5H3;1-10H;2*1H;/q-1;;;;+2/p-2. The first-order valence-electron chi connectivity index (χ1n) is 16.2. The van der Waals surface area contributed by atoms with Crippen molar-refractivity contribution in [1.29, 1.82) is 0 Å². The van der Waals surface area contributed by atoms with Crippen LogP contribution in [0, 0.1) is 12.3 Å². The Morgan fingerprint density at radius 2 is 1.47 bits per heavy atom. The Kier molecular flexibility index (Phi) is 14.1. The van der Waals surface area contributed by atoms with Crippen molar-refractivity contribution < 1.29 is 49.0 Å². The Bertz CT molecular complexity index is 1700. The zero-order valence-corrected chi connectivity index (χ0v) is 31.4. The summed E-state index contributed by atoms with van der Waals surface area (Å²) in [6, 6.07) is 25.9. The second-order valence-electron chi connectivity index (χ2n) is 12.3. The third-order valence-electron chi connectivity index (χ3n) is 9.00. The molecule has 1 unspecified atom stereocenters. The number of fused-ring (bicyclic) bond motifs is 2. The molecule has 0 aromatic heterocycles. The van der Waals surface area contributed by atoms with Crippen molar-refractivity contribution >= 4 is 14.9 Å². The molecule has 0 radical (unpaired) electrons. The van der Waals surface area contributed by atoms with E-state index in [0.29, 0.717) is 0 Å². The Balaban J connectivity index is 0.000000292.